The van der Waals surface area contributed by atoms with Crippen LogP contribution in [0.2, 0.25) is 0 Å². The second kappa shape index (κ2) is 5.35. The minimum absolute atomic E-state index is 0.0287. The first-order valence-corrected chi connectivity index (χ1v) is 6.03. The number of hydrogen-bond acceptors (Lipinski definition) is 5. The molecule has 1 heterocycles. The third-order valence-corrected chi connectivity index (χ3v) is 3.10. The largest absolute Gasteiger partial charge is 0.454 e. The average molecular weight is 329 g/mol. The van der Waals surface area contributed by atoms with Gasteiger partial charge in [0.25, 0.3) is 0 Å². The van der Waals surface area contributed by atoms with Crippen LogP contribution in [-0.4, -0.2) is 20.7 Å². The van der Waals surface area contributed by atoms with Gasteiger partial charge in [0, 0.05) is 11.5 Å². The monoisotopic (exact) mass is 328 g/mol. The van der Waals surface area contributed by atoms with Gasteiger partial charge in [0.15, 0.2) is 12.4 Å². The van der Waals surface area contributed by atoms with Crippen LogP contribution in [0.15, 0.2) is 22.9 Å². The van der Waals surface area contributed by atoms with Gasteiger partial charge < -0.3 is 10.5 Å². The second-order valence-electron chi connectivity index (χ2n) is 3.73. The molecule has 0 bridgehead atoms. The summed E-state index contributed by atoms with van der Waals surface area (Å²) in [7, 11) is 1.68. The van der Waals surface area contributed by atoms with Crippen LogP contribution in [0.1, 0.15) is 16.2 Å². The first-order valence-electron chi connectivity index (χ1n) is 5.23. The standard InChI is InChI=1S/C11H10BrFN4O2/c1-17-10(15-5-16-17)4-19-11(18)6-2-9(14)8(13)3-7(6)12/h2-3,5H,4,14H2,1H3. The predicted octanol–water partition coefficient (Wildman–Crippen LogP) is 1.66. The number of nitrogens with two attached hydrogens (primary N) is 1. The smallest absolute Gasteiger partial charge is 0.339 e. The third kappa shape index (κ3) is 2.90. The lowest BCUT2D eigenvalue weighted by Gasteiger charge is -2.07. The number of aromatic nitrogens is 3. The van der Waals surface area contributed by atoms with Crippen LogP contribution < -0.4 is 5.73 Å². The fraction of sp³-hybridized carbons (Fsp3) is 0.182. The van der Waals surface area contributed by atoms with Crippen LogP contribution in [0.5, 0.6) is 0 Å². The molecular formula is C11H10BrFN4O2. The molecule has 0 atom stereocenters. The highest BCUT2D eigenvalue weighted by Crippen LogP contribution is 2.23. The van der Waals surface area contributed by atoms with Crippen molar-refractivity contribution < 1.29 is 13.9 Å². The molecule has 6 nitrogen and oxygen atoms in total. The van der Waals surface area contributed by atoms with Crippen molar-refractivity contribution in [3.63, 3.8) is 0 Å². The number of halogens is 2. The summed E-state index contributed by atoms with van der Waals surface area (Å²) in [4.78, 5) is 15.8. The van der Waals surface area contributed by atoms with Gasteiger partial charge in [-0.15, -0.1) is 0 Å². The third-order valence-electron chi connectivity index (χ3n) is 2.44. The summed E-state index contributed by atoms with van der Waals surface area (Å²) in [5.74, 6) is -0.724. The summed E-state index contributed by atoms with van der Waals surface area (Å²) in [6.07, 6.45) is 1.36. The predicted molar refractivity (Wildman–Crippen MR) is 68.6 cm³/mol. The van der Waals surface area contributed by atoms with Gasteiger partial charge in [-0.1, -0.05) is 0 Å². The Bertz CT molecular complexity index is 629. The number of nitrogens with zero attached hydrogens (tertiary/aromatic N) is 3. The van der Waals surface area contributed by atoms with Crippen molar-refractivity contribution in [1.29, 1.82) is 0 Å². The van der Waals surface area contributed by atoms with Crippen molar-refractivity contribution in [2.75, 3.05) is 5.73 Å². The molecule has 0 aliphatic heterocycles. The highest BCUT2D eigenvalue weighted by atomic mass is 79.9. The number of carbonyl (C=O) groups is 1. The van der Waals surface area contributed by atoms with Crippen molar-refractivity contribution in [2.45, 2.75) is 6.61 Å². The molecule has 8 heteroatoms. The molecule has 2 aromatic rings. The molecule has 0 amide bonds. The van der Waals surface area contributed by atoms with Crippen LogP contribution >= 0.6 is 15.9 Å². The number of aryl methyl sites for hydroxylation is 1. The molecule has 1 aromatic heterocycles. The molecular weight excluding hydrogens is 319 g/mol. The van der Waals surface area contributed by atoms with Crippen LogP contribution in [0.4, 0.5) is 10.1 Å². The zero-order valence-corrected chi connectivity index (χ0v) is 11.5. The second-order valence-corrected chi connectivity index (χ2v) is 4.58. The van der Waals surface area contributed by atoms with Gasteiger partial charge in [0.2, 0.25) is 0 Å². The van der Waals surface area contributed by atoms with Crippen molar-refractivity contribution in [3.05, 3.63) is 40.1 Å². The van der Waals surface area contributed by atoms with E-state index in [1.54, 1.807) is 7.05 Å². The highest BCUT2D eigenvalue weighted by molar-refractivity contribution is 9.10. The van der Waals surface area contributed by atoms with Crippen LogP contribution in [-0.2, 0) is 18.4 Å². The molecule has 0 saturated carbocycles. The highest BCUT2D eigenvalue weighted by Gasteiger charge is 2.15. The number of ether oxygens (including phenoxy) is 1. The maximum atomic E-state index is 13.2. The Labute approximate surface area is 116 Å². The van der Waals surface area contributed by atoms with Gasteiger partial charge in [0.1, 0.15) is 12.1 Å². The first kappa shape index (κ1) is 13.5. The number of esters is 1. The Balaban J connectivity index is 2.12. The zero-order valence-electron chi connectivity index (χ0n) is 9.93. The van der Waals surface area contributed by atoms with Gasteiger partial charge in [-0.3, -0.25) is 4.68 Å². The molecule has 0 fully saturated rings. The molecule has 19 heavy (non-hydrogen) atoms. The summed E-state index contributed by atoms with van der Waals surface area (Å²) in [6, 6.07) is 2.34. The van der Waals surface area contributed by atoms with Gasteiger partial charge in [-0.2, -0.15) is 5.10 Å². The lowest BCUT2D eigenvalue weighted by Crippen LogP contribution is -2.10. The van der Waals surface area contributed by atoms with Crippen molar-refractivity contribution >= 4 is 27.6 Å². The van der Waals surface area contributed by atoms with E-state index in [0.29, 0.717) is 5.82 Å². The molecule has 0 spiro atoms. The summed E-state index contributed by atoms with van der Waals surface area (Å²) >= 11 is 3.09. The summed E-state index contributed by atoms with van der Waals surface area (Å²) in [6.45, 7) is -0.0287. The van der Waals surface area contributed by atoms with E-state index in [-0.39, 0.29) is 22.3 Å². The van der Waals surface area contributed by atoms with Gasteiger partial charge in [-0.05, 0) is 28.1 Å². The minimum atomic E-state index is -0.624. The molecule has 1 aromatic carbocycles. The van der Waals surface area contributed by atoms with Crippen molar-refractivity contribution in [2.24, 2.45) is 7.05 Å². The first-order chi connectivity index (χ1) is 8.99. The summed E-state index contributed by atoms with van der Waals surface area (Å²) < 4.78 is 20.0. The number of anilines is 1. The van der Waals surface area contributed by atoms with E-state index in [1.165, 1.54) is 17.1 Å². The molecule has 2 rings (SSSR count). The fourth-order valence-corrected chi connectivity index (χ4v) is 1.86. The maximum Gasteiger partial charge on any atom is 0.339 e. The molecule has 100 valence electrons. The minimum Gasteiger partial charge on any atom is -0.454 e. The SMILES string of the molecule is Cn1ncnc1COC(=O)c1cc(N)c(F)cc1Br. The Morgan fingerprint density at radius 3 is 2.95 bits per heavy atom. The average Bonchev–Trinajstić information content (AvgIpc) is 2.76. The molecule has 0 aliphatic carbocycles. The number of nitrogen functional groups attached to an aromatic ring is 1. The van der Waals surface area contributed by atoms with Gasteiger partial charge in [-0.25, -0.2) is 14.2 Å². The molecule has 2 N–H and O–H groups in total. The van der Waals surface area contributed by atoms with E-state index >= 15 is 0 Å². The van der Waals surface area contributed by atoms with Crippen LogP contribution in [0.3, 0.4) is 0 Å². The van der Waals surface area contributed by atoms with E-state index < -0.39 is 11.8 Å². The van der Waals surface area contributed by atoms with Crippen molar-refractivity contribution in [1.82, 2.24) is 14.8 Å². The number of carbonyl (C=O) groups excluding carboxylic acids is 1. The van der Waals surface area contributed by atoms with E-state index in [9.17, 15) is 9.18 Å². The summed E-state index contributed by atoms with van der Waals surface area (Å²) in [5, 5.41) is 3.85. The van der Waals surface area contributed by atoms with Gasteiger partial charge >= 0.3 is 5.97 Å². The Hall–Kier alpha value is -1.96. The maximum absolute atomic E-state index is 13.2. The zero-order chi connectivity index (χ0) is 14.0. The normalized spacial score (nSPS) is 10.5. The topological polar surface area (TPSA) is 83.0 Å². The lowest BCUT2D eigenvalue weighted by molar-refractivity contribution is 0.0457. The number of hydrogen-bond donors (Lipinski definition) is 1. The molecule has 0 unspecified atom stereocenters. The number of benzene rings is 1. The van der Waals surface area contributed by atoms with Crippen LogP contribution in [0, 0.1) is 5.82 Å². The Morgan fingerprint density at radius 2 is 2.32 bits per heavy atom. The fourth-order valence-electron chi connectivity index (χ4n) is 1.38. The Kier molecular flexibility index (Phi) is 3.79. The van der Waals surface area contributed by atoms with Gasteiger partial charge in [0.05, 0.1) is 11.3 Å². The summed E-state index contributed by atoms with van der Waals surface area (Å²) in [5.41, 5.74) is 5.45. The molecule has 0 aliphatic rings. The van der Waals surface area contributed by atoms with Crippen LogP contribution in [0.25, 0.3) is 0 Å². The molecule has 0 radical (unpaired) electrons. The lowest BCUT2D eigenvalue weighted by atomic mass is 10.2. The number of rotatable bonds is 3. The Morgan fingerprint density at radius 1 is 1.58 bits per heavy atom. The van der Waals surface area contributed by atoms with E-state index in [4.69, 9.17) is 10.5 Å². The van der Waals surface area contributed by atoms with E-state index in [0.717, 1.165) is 6.07 Å². The quantitative estimate of drug-likeness (QED) is 0.684. The van der Waals surface area contributed by atoms with E-state index in [2.05, 4.69) is 26.0 Å². The van der Waals surface area contributed by atoms with Crippen molar-refractivity contribution in [3.8, 4) is 0 Å². The molecule has 0 saturated heterocycles. The van der Waals surface area contributed by atoms with E-state index in [1.807, 2.05) is 0 Å².